The first-order valence-corrected chi connectivity index (χ1v) is 5.39. The number of nitrogens with two attached hydrogens (primary N) is 1. The van der Waals surface area contributed by atoms with E-state index in [-0.39, 0.29) is 11.8 Å². The molecule has 0 aliphatic heterocycles. The Kier molecular flexibility index (Phi) is 4.49. The van der Waals surface area contributed by atoms with Gasteiger partial charge in [0.2, 0.25) is 0 Å². The first-order chi connectivity index (χ1) is 7.13. The average Bonchev–Trinajstić information content (AvgIpc) is 2.60. The second-order valence-corrected chi connectivity index (χ2v) is 3.91. The van der Waals surface area contributed by atoms with Crippen molar-refractivity contribution in [2.24, 2.45) is 12.8 Å². The van der Waals surface area contributed by atoms with Crippen molar-refractivity contribution < 1.29 is 4.79 Å². The molecule has 0 saturated carbocycles. The Hall–Kier alpha value is -1.16. The lowest BCUT2D eigenvalue weighted by Crippen LogP contribution is -2.31. The third-order valence-electron chi connectivity index (χ3n) is 2.42. The van der Waals surface area contributed by atoms with Gasteiger partial charge in [-0.25, -0.2) is 0 Å². The normalized spacial score (nSPS) is 12.7. The minimum absolute atomic E-state index is 0.108. The summed E-state index contributed by atoms with van der Waals surface area (Å²) in [6, 6.07) is -0.315. The lowest BCUT2D eigenvalue weighted by molar-refractivity contribution is -0.119. The fourth-order valence-electron chi connectivity index (χ4n) is 1.48. The van der Waals surface area contributed by atoms with Crippen LogP contribution >= 0.6 is 0 Å². The fraction of sp³-hybridized carbons (Fsp3) is 0.636. The first-order valence-electron chi connectivity index (χ1n) is 5.39. The third kappa shape index (κ3) is 3.83. The van der Waals surface area contributed by atoms with Gasteiger partial charge < -0.3 is 5.73 Å². The summed E-state index contributed by atoms with van der Waals surface area (Å²) < 4.78 is 1.69. The van der Waals surface area contributed by atoms with Crippen molar-refractivity contribution >= 4 is 5.78 Å². The van der Waals surface area contributed by atoms with Gasteiger partial charge in [0.1, 0.15) is 0 Å². The second-order valence-electron chi connectivity index (χ2n) is 3.91. The van der Waals surface area contributed by atoms with Crippen LogP contribution in [0.5, 0.6) is 0 Å². The highest BCUT2D eigenvalue weighted by molar-refractivity contribution is 5.85. The molecular weight excluding hydrogens is 190 g/mol. The van der Waals surface area contributed by atoms with E-state index >= 15 is 0 Å². The molecular formula is C11H19N3O. The molecule has 1 heterocycles. The highest BCUT2D eigenvalue weighted by Gasteiger charge is 2.13. The summed E-state index contributed by atoms with van der Waals surface area (Å²) in [5.41, 5.74) is 6.72. The van der Waals surface area contributed by atoms with Gasteiger partial charge in [0.05, 0.1) is 12.2 Å². The zero-order valence-electron chi connectivity index (χ0n) is 9.44. The van der Waals surface area contributed by atoms with E-state index in [0.29, 0.717) is 6.42 Å². The van der Waals surface area contributed by atoms with E-state index in [0.717, 1.165) is 24.8 Å². The van der Waals surface area contributed by atoms with Gasteiger partial charge >= 0.3 is 0 Å². The highest BCUT2D eigenvalue weighted by Crippen LogP contribution is 2.04. The summed E-state index contributed by atoms with van der Waals surface area (Å²) in [5.74, 6) is 0.108. The minimum atomic E-state index is -0.315. The van der Waals surface area contributed by atoms with Crippen LogP contribution in [0.3, 0.4) is 0 Å². The van der Waals surface area contributed by atoms with Crippen LogP contribution < -0.4 is 5.73 Å². The average molecular weight is 209 g/mol. The van der Waals surface area contributed by atoms with Gasteiger partial charge in [-0.2, -0.15) is 5.10 Å². The van der Waals surface area contributed by atoms with Crippen molar-refractivity contribution in [3.05, 3.63) is 18.0 Å². The van der Waals surface area contributed by atoms with E-state index in [9.17, 15) is 4.79 Å². The zero-order chi connectivity index (χ0) is 11.3. The van der Waals surface area contributed by atoms with Crippen molar-refractivity contribution in [1.82, 2.24) is 9.78 Å². The Bertz CT molecular complexity index is 319. The maximum absolute atomic E-state index is 11.7. The molecule has 15 heavy (non-hydrogen) atoms. The largest absolute Gasteiger partial charge is 0.321 e. The van der Waals surface area contributed by atoms with Crippen LogP contribution in [0.2, 0.25) is 0 Å². The molecule has 0 saturated heterocycles. The van der Waals surface area contributed by atoms with Crippen molar-refractivity contribution in [2.45, 2.75) is 38.6 Å². The Labute approximate surface area is 90.5 Å². The summed E-state index contributed by atoms with van der Waals surface area (Å²) in [5, 5.41) is 4.01. The van der Waals surface area contributed by atoms with Gasteiger partial charge in [-0.05, 0) is 12.0 Å². The van der Waals surface area contributed by atoms with Crippen LogP contribution in [0, 0.1) is 0 Å². The molecule has 0 bridgehead atoms. The predicted molar refractivity (Wildman–Crippen MR) is 59.4 cm³/mol. The summed E-state index contributed by atoms with van der Waals surface area (Å²) in [6.45, 7) is 2.10. The molecule has 4 heteroatoms. The fourth-order valence-corrected chi connectivity index (χ4v) is 1.48. The maximum Gasteiger partial charge on any atom is 0.153 e. The lowest BCUT2D eigenvalue weighted by atomic mass is 10.0. The molecule has 0 radical (unpaired) electrons. The van der Waals surface area contributed by atoms with E-state index in [1.807, 2.05) is 13.2 Å². The topological polar surface area (TPSA) is 60.9 Å². The highest BCUT2D eigenvalue weighted by atomic mass is 16.1. The molecule has 1 atom stereocenters. The number of Topliss-reactive ketones (excluding diaryl/α,β-unsaturated/α-hetero) is 1. The summed E-state index contributed by atoms with van der Waals surface area (Å²) in [7, 11) is 1.84. The van der Waals surface area contributed by atoms with Crippen LogP contribution in [-0.4, -0.2) is 21.6 Å². The Balaban J connectivity index is 2.41. The number of hydrogen-bond donors (Lipinski definition) is 1. The lowest BCUT2D eigenvalue weighted by Gasteiger charge is -2.08. The number of unbranched alkanes of at least 4 members (excludes halogenated alkanes) is 1. The summed E-state index contributed by atoms with van der Waals surface area (Å²) in [6.07, 6.45) is 6.84. The number of carbonyl (C=O) groups is 1. The van der Waals surface area contributed by atoms with Crippen molar-refractivity contribution in [3.8, 4) is 0 Å². The quantitative estimate of drug-likeness (QED) is 0.761. The van der Waals surface area contributed by atoms with Gasteiger partial charge in [-0.1, -0.05) is 19.8 Å². The molecule has 1 unspecified atom stereocenters. The number of rotatable bonds is 6. The van der Waals surface area contributed by atoms with Crippen LogP contribution in [0.4, 0.5) is 0 Å². The van der Waals surface area contributed by atoms with E-state index in [1.165, 1.54) is 0 Å². The smallest absolute Gasteiger partial charge is 0.153 e. The molecule has 4 nitrogen and oxygen atoms in total. The van der Waals surface area contributed by atoms with Gasteiger partial charge in [0.15, 0.2) is 5.78 Å². The molecule has 2 N–H and O–H groups in total. The molecule has 1 aromatic heterocycles. The van der Waals surface area contributed by atoms with Gasteiger partial charge in [0, 0.05) is 19.7 Å². The maximum atomic E-state index is 11.7. The van der Waals surface area contributed by atoms with Crippen LogP contribution in [0.15, 0.2) is 12.4 Å². The molecule has 84 valence electrons. The molecule has 1 rings (SSSR count). The predicted octanol–water partition coefficient (Wildman–Crippen LogP) is 1.05. The van der Waals surface area contributed by atoms with E-state index in [2.05, 4.69) is 12.0 Å². The van der Waals surface area contributed by atoms with Crippen LogP contribution in [0.1, 0.15) is 31.7 Å². The number of aromatic nitrogens is 2. The van der Waals surface area contributed by atoms with Crippen molar-refractivity contribution in [1.29, 1.82) is 0 Å². The number of carbonyl (C=O) groups excluding carboxylic acids is 1. The SMILES string of the molecule is CCCCC(N)C(=O)Cc1cnn(C)c1. The molecule has 0 spiro atoms. The number of aryl methyl sites for hydroxylation is 1. The molecule has 1 aromatic rings. The summed E-state index contributed by atoms with van der Waals surface area (Å²) in [4.78, 5) is 11.7. The standard InChI is InChI=1S/C11H19N3O/c1-3-4-5-10(12)11(15)6-9-7-13-14(2)8-9/h7-8,10H,3-6,12H2,1-2H3. The van der Waals surface area contributed by atoms with Crippen LogP contribution in [-0.2, 0) is 18.3 Å². The van der Waals surface area contributed by atoms with Crippen molar-refractivity contribution in [3.63, 3.8) is 0 Å². The van der Waals surface area contributed by atoms with Crippen molar-refractivity contribution in [2.75, 3.05) is 0 Å². The van der Waals surface area contributed by atoms with Gasteiger partial charge in [-0.3, -0.25) is 9.48 Å². The monoisotopic (exact) mass is 209 g/mol. The van der Waals surface area contributed by atoms with Crippen LogP contribution in [0.25, 0.3) is 0 Å². The minimum Gasteiger partial charge on any atom is -0.321 e. The van der Waals surface area contributed by atoms with E-state index in [1.54, 1.807) is 10.9 Å². The Morgan fingerprint density at radius 2 is 2.40 bits per heavy atom. The van der Waals surface area contributed by atoms with Gasteiger partial charge in [0.25, 0.3) is 0 Å². The molecule has 0 aliphatic rings. The number of nitrogens with zero attached hydrogens (tertiary/aromatic N) is 2. The molecule has 0 aliphatic carbocycles. The molecule has 0 fully saturated rings. The zero-order valence-corrected chi connectivity index (χ0v) is 9.44. The van der Waals surface area contributed by atoms with E-state index in [4.69, 9.17) is 5.73 Å². The van der Waals surface area contributed by atoms with Gasteiger partial charge in [-0.15, -0.1) is 0 Å². The Morgan fingerprint density at radius 1 is 1.67 bits per heavy atom. The third-order valence-corrected chi connectivity index (χ3v) is 2.42. The molecule has 0 aromatic carbocycles. The second kappa shape index (κ2) is 5.66. The summed E-state index contributed by atoms with van der Waals surface area (Å²) >= 11 is 0. The number of hydrogen-bond acceptors (Lipinski definition) is 3. The molecule has 0 amide bonds. The Morgan fingerprint density at radius 3 is 2.93 bits per heavy atom. The number of ketones is 1. The van der Waals surface area contributed by atoms with E-state index < -0.39 is 0 Å². The first kappa shape index (κ1) is 11.9.